The molecule has 5 nitrogen and oxygen atoms in total. The fourth-order valence-corrected chi connectivity index (χ4v) is 3.50. The Morgan fingerprint density at radius 1 is 1.17 bits per heavy atom. The van der Waals surface area contributed by atoms with Gasteiger partial charge in [-0.15, -0.1) is 0 Å². The summed E-state index contributed by atoms with van der Waals surface area (Å²) in [7, 11) is 1.61. The predicted octanol–water partition coefficient (Wildman–Crippen LogP) is 3.95. The highest BCUT2D eigenvalue weighted by Gasteiger charge is 2.13. The van der Waals surface area contributed by atoms with Crippen molar-refractivity contribution in [3.05, 3.63) is 76.5 Å². The summed E-state index contributed by atoms with van der Waals surface area (Å²) < 4.78 is 5.12. The van der Waals surface area contributed by atoms with Crippen LogP contribution in [0.4, 0.5) is 0 Å². The topological polar surface area (TPSA) is 74.1 Å². The van der Waals surface area contributed by atoms with E-state index in [0.29, 0.717) is 6.54 Å². The third-order valence-corrected chi connectivity index (χ3v) is 5.33. The lowest BCUT2D eigenvalue weighted by atomic mass is 9.89. The molecular weight excluding hydrogens is 362 g/mol. The van der Waals surface area contributed by atoms with Gasteiger partial charge in [-0.05, 0) is 67.0 Å². The predicted molar refractivity (Wildman–Crippen MR) is 113 cm³/mol. The second-order valence-electron chi connectivity index (χ2n) is 7.32. The second kappa shape index (κ2) is 9.79. The lowest BCUT2D eigenvalue weighted by Gasteiger charge is -2.19. The zero-order chi connectivity index (χ0) is 20.6. The van der Waals surface area contributed by atoms with Crippen LogP contribution in [-0.4, -0.2) is 13.0 Å². The fraction of sp³-hybridized carbons (Fsp3) is 0.333. The van der Waals surface area contributed by atoms with Gasteiger partial charge in [0.15, 0.2) is 0 Å². The SMILES string of the molecule is COc1ccc(CNC(=O)/C(C#N)=C\NC(C)c2ccc3c(c2)CCCC3)cc1. The quantitative estimate of drug-likeness (QED) is 0.555. The van der Waals surface area contributed by atoms with E-state index >= 15 is 0 Å². The summed E-state index contributed by atoms with van der Waals surface area (Å²) >= 11 is 0. The van der Waals surface area contributed by atoms with E-state index in [1.807, 2.05) is 37.3 Å². The highest BCUT2D eigenvalue weighted by molar-refractivity contribution is 5.97. The average Bonchev–Trinajstić information content (AvgIpc) is 2.77. The van der Waals surface area contributed by atoms with Gasteiger partial charge in [0.1, 0.15) is 17.4 Å². The van der Waals surface area contributed by atoms with Crippen LogP contribution in [0, 0.1) is 11.3 Å². The van der Waals surface area contributed by atoms with E-state index < -0.39 is 5.91 Å². The summed E-state index contributed by atoms with van der Waals surface area (Å²) in [4.78, 5) is 12.3. The Morgan fingerprint density at radius 2 is 1.90 bits per heavy atom. The summed E-state index contributed by atoms with van der Waals surface area (Å²) in [5, 5.41) is 15.3. The first-order valence-electron chi connectivity index (χ1n) is 10.00. The lowest BCUT2D eigenvalue weighted by molar-refractivity contribution is -0.117. The van der Waals surface area contributed by atoms with Gasteiger partial charge in [0, 0.05) is 18.8 Å². The van der Waals surface area contributed by atoms with Gasteiger partial charge in [0.2, 0.25) is 0 Å². The molecule has 0 saturated heterocycles. The Labute approximate surface area is 172 Å². The third kappa shape index (κ3) is 5.39. The second-order valence-corrected chi connectivity index (χ2v) is 7.32. The maximum atomic E-state index is 12.3. The summed E-state index contributed by atoms with van der Waals surface area (Å²) in [6.45, 7) is 2.38. The standard InChI is InChI=1S/C24H27N3O2/c1-17(20-10-9-19-5-3-4-6-21(19)13-20)26-16-22(14-25)24(28)27-15-18-7-11-23(29-2)12-8-18/h7-13,16-17,26H,3-6,15H2,1-2H3,(H,27,28)/b22-16-. The highest BCUT2D eigenvalue weighted by atomic mass is 16.5. The Bertz CT molecular complexity index is 926. The minimum absolute atomic E-state index is 0.0139. The van der Waals surface area contributed by atoms with Gasteiger partial charge in [-0.25, -0.2) is 0 Å². The molecule has 0 heterocycles. The van der Waals surface area contributed by atoms with E-state index in [1.54, 1.807) is 7.11 Å². The zero-order valence-corrected chi connectivity index (χ0v) is 17.0. The molecule has 0 saturated carbocycles. The van der Waals surface area contributed by atoms with Crippen LogP contribution < -0.4 is 15.4 Å². The molecular formula is C24H27N3O2. The maximum absolute atomic E-state index is 12.3. The van der Waals surface area contributed by atoms with Crippen molar-refractivity contribution >= 4 is 5.91 Å². The van der Waals surface area contributed by atoms with Crippen molar-refractivity contribution in [3.8, 4) is 11.8 Å². The van der Waals surface area contributed by atoms with Crippen molar-refractivity contribution in [1.29, 1.82) is 5.26 Å². The summed E-state index contributed by atoms with van der Waals surface area (Å²) in [6, 6.07) is 16.0. The van der Waals surface area contributed by atoms with Crippen molar-refractivity contribution in [2.24, 2.45) is 0 Å². The van der Waals surface area contributed by atoms with Crippen LogP contribution in [-0.2, 0) is 24.2 Å². The summed E-state index contributed by atoms with van der Waals surface area (Å²) in [6.07, 6.45) is 6.30. The largest absolute Gasteiger partial charge is 0.497 e. The molecule has 0 aromatic heterocycles. The molecule has 2 N–H and O–H groups in total. The fourth-order valence-electron chi connectivity index (χ4n) is 3.50. The number of benzene rings is 2. The Morgan fingerprint density at radius 3 is 2.59 bits per heavy atom. The highest BCUT2D eigenvalue weighted by Crippen LogP contribution is 2.24. The lowest BCUT2D eigenvalue weighted by Crippen LogP contribution is -2.25. The van der Waals surface area contributed by atoms with Crippen LogP contribution in [0.15, 0.2) is 54.2 Å². The number of nitriles is 1. The first-order valence-corrected chi connectivity index (χ1v) is 10.00. The molecule has 29 heavy (non-hydrogen) atoms. The molecule has 1 unspecified atom stereocenters. The van der Waals surface area contributed by atoms with E-state index in [9.17, 15) is 10.1 Å². The van der Waals surface area contributed by atoms with E-state index in [0.717, 1.165) is 29.7 Å². The van der Waals surface area contributed by atoms with Crippen LogP contribution in [0.25, 0.3) is 0 Å². The number of carbonyl (C=O) groups is 1. The van der Waals surface area contributed by atoms with E-state index in [2.05, 4.69) is 28.8 Å². The first kappa shape index (κ1) is 20.5. The van der Waals surface area contributed by atoms with Crippen molar-refractivity contribution in [2.45, 2.75) is 45.2 Å². The number of fused-ring (bicyclic) bond motifs is 1. The normalized spacial score (nSPS) is 14.3. The molecule has 0 spiro atoms. The Kier molecular flexibility index (Phi) is 6.91. The maximum Gasteiger partial charge on any atom is 0.263 e. The smallest absolute Gasteiger partial charge is 0.263 e. The number of nitrogens with zero attached hydrogens (tertiary/aromatic N) is 1. The Balaban J connectivity index is 1.58. The minimum atomic E-state index is -0.395. The molecule has 5 heteroatoms. The van der Waals surface area contributed by atoms with Crippen LogP contribution >= 0.6 is 0 Å². The number of nitrogens with one attached hydrogen (secondary N) is 2. The average molecular weight is 389 g/mol. The number of rotatable bonds is 7. The molecule has 2 aromatic rings. The van der Waals surface area contributed by atoms with Crippen molar-refractivity contribution < 1.29 is 9.53 Å². The van der Waals surface area contributed by atoms with E-state index in [-0.39, 0.29) is 11.6 Å². The molecule has 1 amide bonds. The van der Waals surface area contributed by atoms with Crippen molar-refractivity contribution in [2.75, 3.05) is 7.11 Å². The molecule has 150 valence electrons. The van der Waals surface area contributed by atoms with Gasteiger partial charge >= 0.3 is 0 Å². The van der Waals surface area contributed by atoms with Crippen LogP contribution in [0.1, 0.15) is 48.1 Å². The van der Waals surface area contributed by atoms with Gasteiger partial charge in [-0.3, -0.25) is 4.79 Å². The summed E-state index contributed by atoms with van der Waals surface area (Å²) in [5.74, 6) is 0.367. The first-order chi connectivity index (χ1) is 14.1. The van der Waals surface area contributed by atoms with Crippen LogP contribution in [0.5, 0.6) is 5.75 Å². The monoisotopic (exact) mass is 389 g/mol. The number of hydrogen-bond donors (Lipinski definition) is 2. The van der Waals surface area contributed by atoms with Crippen LogP contribution in [0.3, 0.4) is 0 Å². The number of methoxy groups -OCH3 is 1. The molecule has 0 aliphatic heterocycles. The number of amides is 1. The van der Waals surface area contributed by atoms with Crippen molar-refractivity contribution in [3.63, 3.8) is 0 Å². The van der Waals surface area contributed by atoms with Gasteiger partial charge in [-0.1, -0.05) is 30.3 Å². The number of hydrogen-bond acceptors (Lipinski definition) is 4. The molecule has 1 aliphatic rings. The van der Waals surface area contributed by atoms with Gasteiger partial charge in [-0.2, -0.15) is 5.26 Å². The van der Waals surface area contributed by atoms with Crippen molar-refractivity contribution in [1.82, 2.24) is 10.6 Å². The molecule has 3 rings (SSSR count). The molecule has 0 fully saturated rings. The number of ether oxygens (including phenoxy) is 1. The molecule has 0 radical (unpaired) electrons. The molecule has 1 aliphatic carbocycles. The van der Waals surface area contributed by atoms with E-state index in [4.69, 9.17) is 4.74 Å². The summed E-state index contributed by atoms with van der Waals surface area (Å²) in [5.41, 5.74) is 5.02. The molecule has 0 bridgehead atoms. The minimum Gasteiger partial charge on any atom is -0.497 e. The van der Waals surface area contributed by atoms with Crippen LogP contribution in [0.2, 0.25) is 0 Å². The van der Waals surface area contributed by atoms with Gasteiger partial charge in [0.05, 0.1) is 7.11 Å². The molecule has 2 aromatic carbocycles. The van der Waals surface area contributed by atoms with Gasteiger partial charge in [0.25, 0.3) is 5.91 Å². The zero-order valence-electron chi connectivity index (χ0n) is 17.0. The number of carbonyl (C=O) groups excluding carboxylic acids is 1. The van der Waals surface area contributed by atoms with Gasteiger partial charge < -0.3 is 15.4 Å². The third-order valence-electron chi connectivity index (χ3n) is 5.33. The van der Waals surface area contributed by atoms with E-state index in [1.165, 1.54) is 30.2 Å². The number of aryl methyl sites for hydroxylation is 2. The molecule has 1 atom stereocenters. The Hall–Kier alpha value is -3.26.